The molecular weight excluding hydrogens is 333 g/mol. The average molecular weight is 355 g/mol. The Labute approximate surface area is 152 Å². The molecular formula is C20H22FN3O2. The zero-order valence-electron chi connectivity index (χ0n) is 14.9. The molecule has 136 valence electrons. The molecule has 3 rings (SSSR count). The standard InChI is InChI=1S/C20H22FN3O2/c1-14(15-6-8-17(21)9-7-15)23(2)20(26)16-11-19(25)24(12-16)13-18-5-3-4-10-22-18/h3-10,14,16H,11-13H2,1-2H3/t14-,16+/m1/s1. The van der Waals surface area contributed by atoms with Gasteiger partial charge in [0, 0.05) is 26.2 Å². The molecule has 6 heteroatoms. The van der Waals surface area contributed by atoms with Crippen molar-refractivity contribution in [3.05, 3.63) is 65.7 Å². The van der Waals surface area contributed by atoms with Gasteiger partial charge in [0.05, 0.1) is 24.2 Å². The van der Waals surface area contributed by atoms with Crippen LogP contribution in [0.4, 0.5) is 4.39 Å². The number of carbonyl (C=O) groups excluding carboxylic acids is 2. The highest BCUT2D eigenvalue weighted by molar-refractivity contribution is 5.89. The molecule has 1 aromatic carbocycles. The van der Waals surface area contributed by atoms with Crippen molar-refractivity contribution in [1.82, 2.24) is 14.8 Å². The third-order valence-electron chi connectivity index (χ3n) is 4.92. The fourth-order valence-corrected chi connectivity index (χ4v) is 3.22. The fourth-order valence-electron chi connectivity index (χ4n) is 3.22. The van der Waals surface area contributed by atoms with Crippen molar-refractivity contribution in [3.63, 3.8) is 0 Å². The van der Waals surface area contributed by atoms with Gasteiger partial charge >= 0.3 is 0 Å². The first kappa shape index (κ1) is 18.0. The van der Waals surface area contributed by atoms with Gasteiger partial charge in [-0.05, 0) is 36.8 Å². The second-order valence-corrected chi connectivity index (χ2v) is 6.67. The molecule has 0 spiro atoms. The van der Waals surface area contributed by atoms with Crippen LogP contribution in [-0.4, -0.2) is 40.2 Å². The van der Waals surface area contributed by atoms with E-state index in [0.717, 1.165) is 11.3 Å². The molecule has 0 aliphatic carbocycles. The van der Waals surface area contributed by atoms with Crippen molar-refractivity contribution in [1.29, 1.82) is 0 Å². The Morgan fingerprint density at radius 3 is 2.69 bits per heavy atom. The zero-order chi connectivity index (χ0) is 18.7. The maximum absolute atomic E-state index is 13.1. The van der Waals surface area contributed by atoms with Gasteiger partial charge in [-0.2, -0.15) is 0 Å². The number of carbonyl (C=O) groups is 2. The van der Waals surface area contributed by atoms with Crippen LogP contribution in [-0.2, 0) is 16.1 Å². The zero-order valence-corrected chi connectivity index (χ0v) is 14.9. The molecule has 0 radical (unpaired) electrons. The van der Waals surface area contributed by atoms with Crippen molar-refractivity contribution in [3.8, 4) is 0 Å². The van der Waals surface area contributed by atoms with Crippen LogP contribution in [0.3, 0.4) is 0 Å². The van der Waals surface area contributed by atoms with E-state index in [9.17, 15) is 14.0 Å². The highest BCUT2D eigenvalue weighted by atomic mass is 19.1. The predicted molar refractivity (Wildman–Crippen MR) is 95.3 cm³/mol. The lowest BCUT2D eigenvalue weighted by atomic mass is 10.0. The number of hydrogen-bond acceptors (Lipinski definition) is 3. The monoisotopic (exact) mass is 355 g/mol. The van der Waals surface area contributed by atoms with Crippen LogP contribution in [0.15, 0.2) is 48.7 Å². The van der Waals surface area contributed by atoms with Gasteiger partial charge in [0.1, 0.15) is 5.82 Å². The summed E-state index contributed by atoms with van der Waals surface area (Å²) in [5, 5.41) is 0. The van der Waals surface area contributed by atoms with Crippen molar-refractivity contribution in [2.75, 3.05) is 13.6 Å². The Kier molecular flexibility index (Phi) is 5.30. The topological polar surface area (TPSA) is 53.5 Å². The highest BCUT2D eigenvalue weighted by Crippen LogP contribution is 2.26. The van der Waals surface area contributed by atoms with E-state index in [1.165, 1.54) is 12.1 Å². The Morgan fingerprint density at radius 2 is 2.04 bits per heavy atom. The van der Waals surface area contributed by atoms with Crippen LogP contribution >= 0.6 is 0 Å². The second kappa shape index (κ2) is 7.64. The number of hydrogen-bond donors (Lipinski definition) is 0. The molecule has 1 aromatic heterocycles. The summed E-state index contributed by atoms with van der Waals surface area (Å²) in [6.07, 6.45) is 1.91. The number of benzene rings is 1. The summed E-state index contributed by atoms with van der Waals surface area (Å²) in [5.74, 6) is -0.767. The summed E-state index contributed by atoms with van der Waals surface area (Å²) >= 11 is 0. The number of likely N-dealkylation sites (tertiary alicyclic amines) is 1. The van der Waals surface area contributed by atoms with Gasteiger partial charge in [-0.25, -0.2) is 4.39 Å². The van der Waals surface area contributed by atoms with Crippen LogP contribution in [0.2, 0.25) is 0 Å². The molecule has 1 fully saturated rings. The summed E-state index contributed by atoms with van der Waals surface area (Å²) in [5.41, 5.74) is 1.67. The van der Waals surface area contributed by atoms with Crippen LogP contribution in [0.5, 0.6) is 0 Å². The molecule has 5 nitrogen and oxygen atoms in total. The molecule has 2 aromatic rings. The maximum Gasteiger partial charge on any atom is 0.228 e. The van der Waals surface area contributed by atoms with Crippen molar-refractivity contribution < 1.29 is 14.0 Å². The molecule has 26 heavy (non-hydrogen) atoms. The van der Waals surface area contributed by atoms with Crippen molar-refractivity contribution in [2.45, 2.75) is 25.9 Å². The molecule has 2 amide bonds. The molecule has 1 saturated heterocycles. The minimum atomic E-state index is -0.362. The van der Waals surface area contributed by atoms with Crippen LogP contribution in [0.1, 0.15) is 30.6 Å². The van der Waals surface area contributed by atoms with Crippen LogP contribution < -0.4 is 0 Å². The first-order chi connectivity index (χ1) is 12.5. The summed E-state index contributed by atoms with van der Waals surface area (Å²) < 4.78 is 13.1. The molecule has 0 bridgehead atoms. The third-order valence-corrected chi connectivity index (χ3v) is 4.92. The van der Waals surface area contributed by atoms with E-state index in [4.69, 9.17) is 0 Å². The molecule has 1 aliphatic heterocycles. The number of amides is 2. The average Bonchev–Trinajstić information content (AvgIpc) is 3.02. The minimum absolute atomic E-state index is 0.0307. The number of aromatic nitrogens is 1. The van der Waals surface area contributed by atoms with E-state index in [2.05, 4.69) is 4.98 Å². The SMILES string of the molecule is C[C@H](c1ccc(F)cc1)N(C)C(=O)[C@H]1CC(=O)N(Cc2ccccn2)C1. The predicted octanol–water partition coefficient (Wildman–Crippen LogP) is 2.79. The van der Waals surface area contributed by atoms with Gasteiger partial charge in [0.2, 0.25) is 11.8 Å². The largest absolute Gasteiger partial charge is 0.339 e. The number of pyridine rings is 1. The molecule has 0 N–H and O–H groups in total. The van der Waals surface area contributed by atoms with E-state index >= 15 is 0 Å². The van der Waals surface area contributed by atoms with Crippen molar-refractivity contribution in [2.24, 2.45) is 5.92 Å². The van der Waals surface area contributed by atoms with Gasteiger partial charge in [0.15, 0.2) is 0 Å². The Bertz CT molecular complexity index is 779. The molecule has 1 aliphatic rings. The fraction of sp³-hybridized carbons (Fsp3) is 0.350. The quantitative estimate of drug-likeness (QED) is 0.829. The van der Waals surface area contributed by atoms with Gasteiger partial charge < -0.3 is 9.80 Å². The number of nitrogens with zero attached hydrogens (tertiary/aromatic N) is 3. The summed E-state index contributed by atoms with van der Waals surface area (Å²) in [4.78, 5) is 32.7. The normalized spacial score (nSPS) is 18.0. The summed E-state index contributed by atoms with van der Waals surface area (Å²) in [6.45, 7) is 2.71. The first-order valence-corrected chi connectivity index (χ1v) is 8.65. The van der Waals surface area contributed by atoms with E-state index in [1.807, 2.05) is 25.1 Å². The Morgan fingerprint density at radius 1 is 1.31 bits per heavy atom. The smallest absolute Gasteiger partial charge is 0.228 e. The lowest BCUT2D eigenvalue weighted by molar-refractivity contribution is -0.136. The molecule has 2 heterocycles. The minimum Gasteiger partial charge on any atom is -0.339 e. The number of rotatable bonds is 5. The lowest BCUT2D eigenvalue weighted by Crippen LogP contribution is -2.36. The van der Waals surface area contributed by atoms with Gasteiger partial charge in [-0.1, -0.05) is 18.2 Å². The molecule has 0 unspecified atom stereocenters. The summed E-state index contributed by atoms with van der Waals surface area (Å²) in [6, 6.07) is 11.5. The molecule has 0 saturated carbocycles. The Hall–Kier alpha value is -2.76. The Balaban J connectivity index is 1.64. The van der Waals surface area contributed by atoms with E-state index in [-0.39, 0.29) is 36.0 Å². The first-order valence-electron chi connectivity index (χ1n) is 8.65. The molecule has 2 atom stereocenters. The van der Waals surface area contributed by atoms with E-state index in [1.54, 1.807) is 35.2 Å². The van der Waals surface area contributed by atoms with Crippen LogP contribution in [0, 0.1) is 11.7 Å². The third kappa shape index (κ3) is 3.90. The van der Waals surface area contributed by atoms with E-state index in [0.29, 0.717) is 13.1 Å². The van der Waals surface area contributed by atoms with Gasteiger partial charge in [0.25, 0.3) is 0 Å². The lowest BCUT2D eigenvalue weighted by Gasteiger charge is -2.28. The van der Waals surface area contributed by atoms with Gasteiger partial charge in [-0.3, -0.25) is 14.6 Å². The van der Waals surface area contributed by atoms with Gasteiger partial charge in [-0.15, -0.1) is 0 Å². The van der Waals surface area contributed by atoms with Crippen LogP contribution in [0.25, 0.3) is 0 Å². The maximum atomic E-state index is 13.1. The summed E-state index contributed by atoms with van der Waals surface area (Å²) in [7, 11) is 1.72. The number of halogens is 1. The van der Waals surface area contributed by atoms with E-state index < -0.39 is 0 Å². The highest BCUT2D eigenvalue weighted by Gasteiger charge is 2.36. The van der Waals surface area contributed by atoms with Crippen molar-refractivity contribution >= 4 is 11.8 Å². The second-order valence-electron chi connectivity index (χ2n) is 6.67.